The van der Waals surface area contributed by atoms with Crippen LogP contribution in [0.1, 0.15) is 40.0 Å². The van der Waals surface area contributed by atoms with Crippen LogP contribution < -0.4 is 0 Å². The summed E-state index contributed by atoms with van der Waals surface area (Å²) >= 11 is 11.1. The molecule has 1 aliphatic rings. The van der Waals surface area contributed by atoms with Crippen molar-refractivity contribution in [1.82, 2.24) is 0 Å². The first-order valence-corrected chi connectivity index (χ1v) is 6.43. The van der Waals surface area contributed by atoms with Gasteiger partial charge in [-0.15, -0.1) is 0 Å². The van der Waals surface area contributed by atoms with E-state index in [1.807, 2.05) is 0 Å². The smallest absolute Gasteiger partial charge is 0.141 e. The van der Waals surface area contributed by atoms with Gasteiger partial charge in [0.25, 0.3) is 0 Å². The zero-order valence-electron chi connectivity index (χ0n) is 9.67. The van der Waals surface area contributed by atoms with Gasteiger partial charge in [-0.05, 0) is 30.6 Å². The van der Waals surface area contributed by atoms with E-state index in [0.717, 1.165) is 12.3 Å². The summed E-state index contributed by atoms with van der Waals surface area (Å²) in [7, 11) is 0. The second kappa shape index (κ2) is 6.00. The van der Waals surface area contributed by atoms with Crippen molar-refractivity contribution < 1.29 is 4.74 Å². The van der Waals surface area contributed by atoms with Crippen LogP contribution in [-0.2, 0) is 4.74 Å². The predicted octanol–water partition coefficient (Wildman–Crippen LogP) is 4.74. The fourth-order valence-corrected chi connectivity index (χ4v) is 2.51. The second-order valence-corrected chi connectivity index (χ2v) is 5.92. The Labute approximate surface area is 103 Å². The molecule has 3 heteroatoms. The SMILES string of the molecule is CC(C)[C@@H]1CC[C@@H](C)C[C@H]1OC=C(Cl)Cl. The van der Waals surface area contributed by atoms with Crippen LogP contribution in [0, 0.1) is 17.8 Å². The Morgan fingerprint density at radius 3 is 2.53 bits per heavy atom. The largest absolute Gasteiger partial charge is 0.495 e. The first kappa shape index (κ1) is 13.2. The number of halogens is 2. The standard InChI is InChI=1S/C12H20Cl2O/c1-8(2)10-5-4-9(3)6-11(10)15-7-12(13)14/h7-11H,4-6H2,1-3H3/t9-,10+,11-/m1/s1. The first-order chi connectivity index (χ1) is 7.00. The van der Waals surface area contributed by atoms with E-state index in [4.69, 9.17) is 27.9 Å². The lowest BCUT2D eigenvalue weighted by Gasteiger charge is -2.36. The molecule has 1 fully saturated rings. The van der Waals surface area contributed by atoms with Crippen molar-refractivity contribution in [3.8, 4) is 0 Å². The number of hydrogen-bond donors (Lipinski definition) is 0. The van der Waals surface area contributed by atoms with Gasteiger partial charge in [0, 0.05) is 0 Å². The van der Waals surface area contributed by atoms with Gasteiger partial charge in [-0.25, -0.2) is 0 Å². The number of ether oxygens (including phenoxy) is 1. The van der Waals surface area contributed by atoms with E-state index in [-0.39, 0.29) is 10.6 Å². The molecule has 3 atom stereocenters. The molecule has 0 unspecified atom stereocenters. The topological polar surface area (TPSA) is 9.23 Å². The van der Waals surface area contributed by atoms with Crippen LogP contribution in [0.25, 0.3) is 0 Å². The molecule has 0 N–H and O–H groups in total. The molecule has 15 heavy (non-hydrogen) atoms. The molecule has 1 aliphatic carbocycles. The van der Waals surface area contributed by atoms with E-state index in [2.05, 4.69) is 20.8 Å². The summed E-state index contributed by atoms with van der Waals surface area (Å²) in [5, 5.41) is 0. The molecule has 88 valence electrons. The molecule has 1 nitrogen and oxygen atoms in total. The summed E-state index contributed by atoms with van der Waals surface area (Å²) in [6.07, 6.45) is 5.42. The quantitative estimate of drug-likeness (QED) is 0.658. The minimum Gasteiger partial charge on any atom is -0.495 e. The molecular weight excluding hydrogens is 231 g/mol. The lowest BCUT2D eigenvalue weighted by molar-refractivity contribution is 0.0136. The summed E-state index contributed by atoms with van der Waals surface area (Å²) in [5.74, 6) is 2.03. The normalized spacial score (nSPS) is 31.5. The Morgan fingerprint density at radius 1 is 1.33 bits per heavy atom. The van der Waals surface area contributed by atoms with Crippen LogP contribution in [0.5, 0.6) is 0 Å². The average Bonchev–Trinajstić information content (AvgIpc) is 2.14. The van der Waals surface area contributed by atoms with Gasteiger partial charge in [-0.3, -0.25) is 0 Å². The molecule has 0 radical (unpaired) electrons. The lowest BCUT2D eigenvalue weighted by Crippen LogP contribution is -2.33. The van der Waals surface area contributed by atoms with E-state index in [1.165, 1.54) is 19.1 Å². The third-order valence-electron chi connectivity index (χ3n) is 3.29. The third kappa shape index (κ3) is 4.24. The van der Waals surface area contributed by atoms with E-state index >= 15 is 0 Å². The average molecular weight is 251 g/mol. The molecule has 0 aromatic heterocycles. The number of rotatable bonds is 3. The van der Waals surface area contributed by atoms with Crippen molar-refractivity contribution >= 4 is 23.2 Å². The minimum absolute atomic E-state index is 0.204. The van der Waals surface area contributed by atoms with Gasteiger partial charge >= 0.3 is 0 Å². The predicted molar refractivity (Wildman–Crippen MR) is 66.0 cm³/mol. The molecule has 0 amide bonds. The van der Waals surface area contributed by atoms with Crippen molar-refractivity contribution in [3.63, 3.8) is 0 Å². The lowest BCUT2D eigenvalue weighted by atomic mass is 9.75. The molecule has 0 aromatic carbocycles. The summed E-state index contributed by atoms with van der Waals surface area (Å²) in [4.78, 5) is 0. The highest BCUT2D eigenvalue weighted by Gasteiger charge is 2.31. The fourth-order valence-electron chi connectivity index (χ4n) is 2.41. The zero-order chi connectivity index (χ0) is 11.4. The molecule has 0 bridgehead atoms. The highest BCUT2D eigenvalue weighted by Crippen LogP contribution is 2.35. The molecule has 1 saturated carbocycles. The van der Waals surface area contributed by atoms with Gasteiger partial charge in [0.2, 0.25) is 0 Å². The third-order valence-corrected chi connectivity index (χ3v) is 3.47. The molecule has 0 heterocycles. The van der Waals surface area contributed by atoms with E-state index in [9.17, 15) is 0 Å². The van der Waals surface area contributed by atoms with Crippen LogP contribution in [0.3, 0.4) is 0 Å². The van der Waals surface area contributed by atoms with Gasteiger partial charge in [-0.2, -0.15) is 0 Å². The van der Waals surface area contributed by atoms with Crippen molar-refractivity contribution in [2.75, 3.05) is 0 Å². The minimum atomic E-state index is 0.204. The maximum Gasteiger partial charge on any atom is 0.141 e. The van der Waals surface area contributed by atoms with Gasteiger partial charge in [-0.1, -0.05) is 50.4 Å². The molecule has 0 spiro atoms. The van der Waals surface area contributed by atoms with Crippen LogP contribution in [0.2, 0.25) is 0 Å². The van der Waals surface area contributed by atoms with E-state index in [0.29, 0.717) is 11.8 Å². The van der Waals surface area contributed by atoms with Crippen LogP contribution in [0.4, 0.5) is 0 Å². The van der Waals surface area contributed by atoms with Gasteiger partial charge < -0.3 is 4.74 Å². The van der Waals surface area contributed by atoms with Crippen molar-refractivity contribution in [2.24, 2.45) is 17.8 Å². The zero-order valence-corrected chi connectivity index (χ0v) is 11.2. The maximum absolute atomic E-state index is 5.66. The summed E-state index contributed by atoms with van der Waals surface area (Å²) in [5.41, 5.74) is 0. The van der Waals surface area contributed by atoms with Gasteiger partial charge in [0.05, 0.1) is 0 Å². The first-order valence-electron chi connectivity index (χ1n) is 5.67. The van der Waals surface area contributed by atoms with Crippen molar-refractivity contribution in [2.45, 2.75) is 46.1 Å². The second-order valence-electron chi connectivity index (χ2n) is 4.91. The Bertz CT molecular complexity index is 222. The summed E-state index contributed by atoms with van der Waals surface area (Å²) in [6.45, 7) is 6.78. The van der Waals surface area contributed by atoms with Crippen molar-refractivity contribution in [1.29, 1.82) is 0 Å². The van der Waals surface area contributed by atoms with Gasteiger partial charge in [0.1, 0.15) is 16.9 Å². The highest BCUT2D eigenvalue weighted by atomic mass is 35.5. The monoisotopic (exact) mass is 250 g/mol. The van der Waals surface area contributed by atoms with Crippen LogP contribution in [0.15, 0.2) is 10.8 Å². The van der Waals surface area contributed by atoms with Gasteiger partial charge in [0.15, 0.2) is 0 Å². The summed E-state index contributed by atoms with van der Waals surface area (Å²) < 4.78 is 5.87. The van der Waals surface area contributed by atoms with E-state index in [1.54, 1.807) is 0 Å². The highest BCUT2D eigenvalue weighted by molar-refractivity contribution is 6.55. The molecular formula is C12H20Cl2O. The van der Waals surface area contributed by atoms with Crippen molar-refractivity contribution in [3.05, 3.63) is 10.8 Å². The number of hydrogen-bond acceptors (Lipinski definition) is 1. The fraction of sp³-hybridized carbons (Fsp3) is 0.833. The Morgan fingerprint density at radius 2 is 2.00 bits per heavy atom. The molecule has 0 aliphatic heterocycles. The van der Waals surface area contributed by atoms with Crippen LogP contribution in [-0.4, -0.2) is 6.10 Å². The molecule has 0 aromatic rings. The summed E-state index contributed by atoms with van der Waals surface area (Å²) in [6, 6.07) is 0. The molecule has 0 saturated heterocycles. The van der Waals surface area contributed by atoms with Crippen LogP contribution >= 0.6 is 23.2 Å². The van der Waals surface area contributed by atoms with E-state index < -0.39 is 0 Å². The Hall–Kier alpha value is 0.120. The Kier molecular flexibility index (Phi) is 5.28. The maximum atomic E-state index is 5.66. The molecule has 1 rings (SSSR count). The Balaban J connectivity index is 2.58.